The summed E-state index contributed by atoms with van der Waals surface area (Å²) in [6.45, 7) is 2.73. The van der Waals surface area contributed by atoms with Crippen molar-refractivity contribution in [2.24, 2.45) is 0 Å². The summed E-state index contributed by atoms with van der Waals surface area (Å²) in [5.41, 5.74) is 1.11. The highest BCUT2D eigenvalue weighted by molar-refractivity contribution is 6.01. The third-order valence-electron chi connectivity index (χ3n) is 4.17. The summed E-state index contributed by atoms with van der Waals surface area (Å²) in [5.74, 6) is 0.475. The van der Waals surface area contributed by atoms with E-state index in [1.807, 2.05) is 24.3 Å². The number of rotatable bonds is 6. The number of carbonyl (C=O) groups excluding carboxylic acids is 1. The van der Waals surface area contributed by atoms with Gasteiger partial charge in [-0.1, -0.05) is 19.1 Å². The van der Waals surface area contributed by atoms with E-state index in [1.54, 1.807) is 12.1 Å². The van der Waals surface area contributed by atoms with Crippen LogP contribution >= 0.6 is 0 Å². The molecular formula is C19H20FNO2. The smallest absolute Gasteiger partial charge is 0.235 e. The van der Waals surface area contributed by atoms with E-state index >= 15 is 0 Å². The molecule has 0 unspecified atom stereocenters. The lowest BCUT2D eigenvalue weighted by atomic mass is 9.95. The number of benzene rings is 2. The van der Waals surface area contributed by atoms with Crippen LogP contribution in [0.3, 0.4) is 0 Å². The topological polar surface area (TPSA) is 38.3 Å². The van der Waals surface area contributed by atoms with Crippen molar-refractivity contribution in [2.75, 3.05) is 11.9 Å². The molecule has 1 aliphatic carbocycles. The van der Waals surface area contributed by atoms with Crippen LogP contribution in [0.5, 0.6) is 5.75 Å². The fourth-order valence-electron chi connectivity index (χ4n) is 2.65. The van der Waals surface area contributed by atoms with E-state index in [4.69, 9.17) is 4.74 Å². The van der Waals surface area contributed by atoms with E-state index in [1.165, 1.54) is 12.1 Å². The fraction of sp³-hybridized carbons (Fsp3) is 0.316. The summed E-state index contributed by atoms with van der Waals surface area (Å²) in [7, 11) is 0. The first kappa shape index (κ1) is 15.5. The average molecular weight is 313 g/mol. The Morgan fingerprint density at radius 2 is 1.78 bits per heavy atom. The van der Waals surface area contributed by atoms with Crippen molar-refractivity contribution < 1.29 is 13.9 Å². The summed E-state index contributed by atoms with van der Waals surface area (Å²) in [5, 5.41) is 2.95. The van der Waals surface area contributed by atoms with Crippen molar-refractivity contribution in [3.63, 3.8) is 0 Å². The molecular weight excluding hydrogens is 293 g/mol. The first-order valence-corrected chi connectivity index (χ1v) is 7.94. The Hall–Kier alpha value is -2.36. The second kappa shape index (κ2) is 6.41. The van der Waals surface area contributed by atoms with Gasteiger partial charge in [-0.3, -0.25) is 4.79 Å². The van der Waals surface area contributed by atoms with Gasteiger partial charge in [-0.15, -0.1) is 0 Å². The normalized spacial score (nSPS) is 15.0. The van der Waals surface area contributed by atoms with Crippen molar-refractivity contribution in [1.82, 2.24) is 0 Å². The third kappa shape index (κ3) is 3.36. The molecule has 0 bridgehead atoms. The molecule has 3 nitrogen and oxygen atoms in total. The maximum Gasteiger partial charge on any atom is 0.235 e. The monoisotopic (exact) mass is 313 g/mol. The average Bonchev–Trinajstić information content (AvgIpc) is 3.37. The molecule has 23 heavy (non-hydrogen) atoms. The Morgan fingerprint density at radius 3 is 2.35 bits per heavy atom. The largest absolute Gasteiger partial charge is 0.494 e. The van der Waals surface area contributed by atoms with Gasteiger partial charge in [0.15, 0.2) is 0 Å². The summed E-state index contributed by atoms with van der Waals surface area (Å²) >= 11 is 0. The summed E-state index contributed by atoms with van der Waals surface area (Å²) in [6.07, 6.45) is 2.54. The number of amides is 1. The van der Waals surface area contributed by atoms with Gasteiger partial charge in [0.05, 0.1) is 12.0 Å². The number of halogens is 1. The summed E-state index contributed by atoms with van der Waals surface area (Å²) in [6, 6.07) is 13.6. The molecule has 1 saturated carbocycles. The van der Waals surface area contributed by atoms with E-state index in [9.17, 15) is 9.18 Å². The summed E-state index contributed by atoms with van der Waals surface area (Å²) in [4.78, 5) is 12.6. The van der Waals surface area contributed by atoms with Crippen LogP contribution in [0.4, 0.5) is 10.1 Å². The van der Waals surface area contributed by atoms with E-state index < -0.39 is 5.41 Å². The SMILES string of the molecule is CCCOc1ccc(NC(=O)C2(c3ccc(F)cc3)CC2)cc1. The lowest BCUT2D eigenvalue weighted by Gasteiger charge is -2.16. The quantitative estimate of drug-likeness (QED) is 0.864. The number of nitrogens with one attached hydrogen (secondary N) is 1. The molecule has 2 aromatic rings. The van der Waals surface area contributed by atoms with E-state index in [0.29, 0.717) is 6.61 Å². The third-order valence-corrected chi connectivity index (χ3v) is 4.17. The number of carbonyl (C=O) groups is 1. The molecule has 1 fully saturated rings. The van der Waals surface area contributed by atoms with Crippen LogP contribution in [0.1, 0.15) is 31.7 Å². The maximum atomic E-state index is 13.1. The lowest BCUT2D eigenvalue weighted by Crippen LogP contribution is -2.27. The Bertz CT molecular complexity index is 676. The van der Waals surface area contributed by atoms with Crippen LogP contribution in [0, 0.1) is 5.82 Å². The molecule has 0 saturated heterocycles. The summed E-state index contributed by atoms with van der Waals surface area (Å²) < 4.78 is 18.6. The van der Waals surface area contributed by atoms with Gasteiger partial charge in [0.1, 0.15) is 11.6 Å². The van der Waals surface area contributed by atoms with Gasteiger partial charge in [0.2, 0.25) is 5.91 Å². The van der Waals surface area contributed by atoms with Crippen molar-refractivity contribution in [3.05, 3.63) is 59.9 Å². The second-order valence-electron chi connectivity index (χ2n) is 5.92. The highest BCUT2D eigenvalue weighted by Gasteiger charge is 2.51. The van der Waals surface area contributed by atoms with E-state index in [-0.39, 0.29) is 11.7 Å². The molecule has 3 rings (SSSR count). The Kier molecular flexibility index (Phi) is 4.33. The molecule has 0 radical (unpaired) electrons. The number of anilines is 1. The highest BCUT2D eigenvalue weighted by Crippen LogP contribution is 2.49. The minimum absolute atomic E-state index is 0.0358. The molecule has 1 amide bonds. The van der Waals surface area contributed by atoms with Crippen LogP contribution < -0.4 is 10.1 Å². The van der Waals surface area contributed by atoms with E-state index in [2.05, 4.69) is 12.2 Å². The van der Waals surface area contributed by atoms with Crippen LogP contribution in [0.25, 0.3) is 0 Å². The molecule has 1 N–H and O–H groups in total. The fourth-order valence-corrected chi connectivity index (χ4v) is 2.65. The molecule has 1 aliphatic rings. The molecule has 4 heteroatoms. The number of hydrogen-bond acceptors (Lipinski definition) is 2. The molecule has 0 heterocycles. The molecule has 0 aromatic heterocycles. The highest BCUT2D eigenvalue weighted by atomic mass is 19.1. The van der Waals surface area contributed by atoms with E-state index in [0.717, 1.165) is 36.3 Å². The Balaban J connectivity index is 1.68. The maximum absolute atomic E-state index is 13.1. The van der Waals surface area contributed by atoms with Gasteiger partial charge >= 0.3 is 0 Å². The predicted molar refractivity (Wildman–Crippen MR) is 88.2 cm³/mol. The first-order chi connectivity index (χ1) is 11.1. The van der Waals surface area contributed by atoms with Gasteiger partial charge in [-0.05, 0) is 61.2 Å². The zero-order valence-corrected chi connectivity index (χ0v) is 13.1. The molecule has 0 aliphatic heterocycles. The zero-order valence-electron chi connectivity index (χ0n) is 13.1. The van der Waals surface area contributed by atoms with Gasteiger partial charge in [-0.25, -0.2) is 4.39 Å². The first-order valence-electron chi connectivity index (χ1n) is 7.94. The molecule has 0 spiro atoms. The zero-order chi connectivity index (χ0) is 16.3. The molecule has 0 atom stereocenters. The van der Waals surface area contributed by atoms with Crippen molar-refractivity contribution in [1.29, 1.82) is 0 Å². The minimum Gasteiger partial charge on any atom is -0.494 e. The van der Waals surface area contributed by atoms with Crippen molar-refractivity contribution in [3.8, 4) is 5.75 Å². The van der Waals surface area contributed by atoms with Gasteiger partial charge < -0.3 is 10.1 Å². The Morgan fingerprint density at radius 1 is 1.13 bits per heavy atom. The standard InChI is InChI=1S/C19H20FNO2/c1-2-13-23-17-9-7-16(8-10-17)21-18(22)19(11-12-19)14-3-5-15(20)6-4-14/h3-10H,2,11-13H2,1H3,(H,21,22). The van der Waals surface area contributed by atoms with Gasteiger partial charge in [-0.2, -0.15) is 0 Å². The molecule has 120 valence electrons. The molecule has 2 aromatic carbocycles. The van der Waals surface area contributed by atoms with Gasteiger partial charge in [0.25, 0.3) is 0 Å². The minimum atomic E-state index is -0.509. The van der Waals surface area contributed by atoms with Crippen LogP contribution in [0.15, 0.2) is 48.5 Å². The lowest BCUT2D eigenvalue weighted by molar-refractivity contribution is -0.118. The Labute approximate surface area is 135 Å². The van der Waals surface area contributed by atoms with Crippen LogP contribution in [0.2, 0.25) is 0 Å². The number of ether oxygens (including phenoxy) is 1. The van der Waals surface area contributed by atoms with Gasteiger partial charge in [0, 0.05) is 5.69 Å². The predicted octanol–water partition coefficient (Wildman–Crippen LogP) is 4.28. The number of hydrogen-bond donors (Lipinski definition) is 1. The second-order valence-corrected chi connectivity index (χ2v) is 5.92. The van der Waals surface area contributed by atoms with Crippen molar-refractivity contribution in [2.45, 2.75) is 31.6 Å². The van der Waals surface area contributed by atoms with Crippen molar-refractivity contribution >= 4 is 11.6 Å². The van der Waals surface area contributed by atoms with Crippen LogP contribution in [-0.4, -0.2) is 12.5 Å². The van der Waals surface area contributed by atoms with Crippen LogP contribution in [-0.2, 0) is 10.2 Å².